The van der Waals surface area contributed by atoms with Gasteiger partial charge in [-0.3, -0.25) is 0 Å². The molecule has 0 bridgehead atoms. The standard InChI is InChI=1S/C24H30N4OS/c1-24(2,29)15-10-11-17(12-15)26-20-13-22(27-16-6-5-7-16)25-14-18(20)23-28-19-8-3-4-9-21(19)30-23/h3-4,8-9,13-17,29H,5-7,10-12H2,1-2H3,(H2,25,26,27). The Labute approximate surface area is 182 Å². The highest BCUT2D eigenvalue weighted by Gasteiger charge is 2.35. The number of hydrogen-bond acceptors (Lipinski definition) is 6. The molecule has 3 aromatic rings. The fourth-order valence-corrected chi connectivity index (χ4v) is 5.54. The number of aliphatic hydroxyl groups is 1. The van der Waals surface area contributed by atoms with Gasteiger partial charge in [0.1, 0.15) is 10.8 Å². The highest BCUT2D eigenvalue weighted by molar-refractivity contribution is 7.21. The summed E-state index contributed by atoms with van der Waals surface area (Å²) in [6, 6.07) is 11.3. The summed E-state index contributed by atoms with van der Waals surface area (Å²) in [5, 5.41) is 18.8. The van der Waals surface area contributed by atoms with E-state index in [9.17, 15) is 5.11 Å². The van der Waals surface area contributed by atoms with Gasteiger partial charge in [0.05, 0.1) is 21.4 Å². The minimum absolute atomic E-state index is 0.329. The lowest BCUT2D eigenvalue weighted by Gasteiger charge is -2.28. The molecule has 2 aliphatic rings. The van der Waals surface area contributed by atoms with E-state index < -0.39 is 5.60 Å². The maximum absolute atomic E-state index is 10.4. The summed E-state index contributed by atoms with van der Waals surface area (Å²) in [4.78, 5) is 9.58. The number of para-hydroxylation sites is 1. The third-order valence-corrected chi connectivity index (χ3v) is 7.75. The van der Waals surface area contributed by atoms with Gasteiger partial charge in [-0.25, -0.2) is 9.97 Å². The van der Waals surface area contributed by atoms with Gasteiger partial charge in [-0.05, 0) is 70.4 Å². The van der Waals surface area contributed by atoms with E-state index in [0.717, 1.165) is 46.9 Å². The van der Waals surface area contributed by atoms with Crippen LogP contribution in [0.4, 0.5) is 11.5 Å². The predicted octanol–water partition coefficient (Wildman–Crippen LogP) is 5.67. The number of hydrogen-bond donors (Lipinski definition) is 3. The zero-order chi connectivity index (χ0) is 20.7. The lowest BCUT2D eigenvalue weighted by molar-refractivity contribution is 0.0197. The van der Waals surface area contributed by atoms with Gasteiger partial charge in [-0.15, -0.1) is 11.3 Å². The number of anilines is 2. The molecule has 0 radical (unpaired) electrons. The molecule has 0 aliphatic heterocycles. The smallest absolute Gasteiger partial charge is 0.128 e. The molecule has 2 fully saturated rings. The maximum atomic E-state index is 10.4. The van der Waals surface area contributed by atoms with Crippen molar-refractivity contribution in [3.63, 3.8) is 0 Å². The average Bonchev–Trinajstić information content (AvgIpc) is 3.31. The number of benzene rings is 1. The van der Waals surface area contributed by atoms with Gasteiger partial charge in [-0.2, -0.15) is 0 Å². The van der Waals surface area contributed by atoms with E-state index in [1.807, 2.05) is 26.1 Å². The van der Waals surface area contributed by atoms with Crippen LogP contribution in [0.15, 0.2) is 36.5 Å². The molecule has 158 valence electrons. The summed E-state index contributed by atoms with van der Waals surface area (Å²) >= 11 is 1.71. The summed E-state index contributed by atoms with van der Waals surface area (Å²) in [7, 11) is 0. The highest BCUT2D eigenvalue weighted by Crippen LogP contribution is 2.39. The van der Waals surface area contributed by atoms with Gasteiger partial charge in [0.15, 0.2) is 0 Å². The van der Waals surface area contributed by atoms with Crippen molar-refractivity contribution >= 4 is 33.1 Å². The van der Waals surface area contributed by atoms with Crippen LogP contribution in [0.5, 0.6) is 0 Å². The van der Waals surface area contributed by atoms with Crippen LogP contribution < -0.4 is 10.6 Å². The summed E-state index contributed by atoms with van der Waals surface area (Å²) in [6.45, 7) is 3.86. The molecule has 30 heavy (non-hydrogen) atoms. The molecule has 1 aromatic carbocycles. The van der Waals surface area contributed by atoms with Gasteiger partial charge in [0.25, 0.3) is 0 Å². The SMILES string of the molecule is CC(C)(O)C1CCC(Nc2cc(NC3CCC3)ncc2-c2nc3ccccc3s2)C1. The van der Waals surface area contributed by atoms with Crippen LogP contribution in [0.2, 0.25) is 0 Å². The molecule has 2 heterocycles. The van der Waals surface area contributed by atoms with E-state index in [4.69, 9.17) is 9.97 Å². The Kier molecular flexibility index (Phi) is 5.15. The molecule has 0 amide bonds. The largest absolute Gasteiger partial charge is 0.390 e. The van der Waals surface area contributed by atoms with Crippen LogP contribution >= 0.6 is 11.3 Å². The summed E-state index contributed by atoms with van der Waals surface area (Å²) < 4.78 is 1.19. The first-order chi connectivity index (χ1) is 14.5. The molecule has 2 unspecified atom stereocenters. The number of aromatic nitrogens is 2. The molecule has 6 heteroatoms. The Bertz CT molecular complexity index is 1000. The zero-order valence-electron chi connectivity index (χ0n) is 17.7. The second kappa shape index (κ2) is 7.82. The second-order valence-electron chi connectivity index (χ2n) is 9.38. The lowest BCUT2D eigenvalue weighted by Crippen LogP contribution is -2.30. The third kappa shape index (κ3) is 4.03. The van der Waals surface area contributed by atoms with E-state index in [1.54, 1.807) is 11.3 Å². The predicted molar refractivity (Wildman–Crippen MR) is 125 cm³/mol. The van der Waals surface area contributed by atoms with Crippen LogP contribution in [0.3, 0.4) is 0 Å². The summed E-state index contributed by atoms with van der Waals surface area (Å²) in [5.41, 5.74) is 2.55. The number of nitrogens with one attached hydrogen (secondary N) is 2. The lowest BCUT2D eigenvalue weighted by atomic mass is 9.89. The quantitative estimate of drug-likeness (QED) is 0.477. The molecule has 2 aliphatic carbocycles. The first kappa shape index (κ1) is 19.8. The molecule has 5 rings (SSSR count). The van der Waals surface area contributed by atoms with Gasteiger partial charge < -0.3 is 15.7 Å². The van der Waals surface area contributed by atoms with Crippen molar-refractivity contribution in [2.45, 2.75) is 70.1 Å². The molecule has 2 aromatic heterocycles. The number of nitrogens with zero attached hydrogens (tertiary/aromatic N) is 2. The first-order valence-electron chi connectivity index (χ1n) is 11.1. The zero-order valence-corrected chi connectivity index (χ0v) is 18.5. The Morgan fingerprint density at radius 1 is 1.07 bits per heavy atom. The molecular weight excluding hydrogens is 392 g/mol. The van der Waals surface area contributed by atoms with Crippen molar-refractivity contribution in [1.82, 2.24) is 9.97 Å². The molecule has 2 saturated carbocycles. The molecule has 2 atom stereocenters. The van der Waals surface area contributed by atoms with Crippen LogP contribution in [-0.2, 0) is 0 Å². The normalized spacial score (nSPS) is 22.2. The second-order valence-corrected chi connectivity index (χ2v) is 10.4. The average molecular weight is 423 g/mol. The number of rotatable bonds is 6. The van der Waals surface area contributed by atoms with Crippen molar-refractivity contribution in [3.8, 4) is 10.6 Å². The van der Waals surface area contributed by atoms with Crippen molar-refractivity contribution < 1.29 is 5.11 Å². The van der Waals surface area contributed by atoms with Crippen LogP contribution in [0.25, 0.3) is 20.8 Å². The summed E-state index contributed by atoms with van der Waals surface area (Å²) in [5.74, 6) is 1.26. The fraction of sp³-hybridized carbons (Fsp3) is 0.500. The van der Waals surface area contributed by atoms with E-state index in [2.05, 4.69) is 34.9 Å². The van der Waals surface area contributed by atoms with Crippen molar-refractivity contribution in [3.05, 3.63) is 36.5 Å². The van der Waals surface area contributed by atoms with E-state index in [0.29, 0.717) is 18.0 Å². The van der Waals surface area contributed by atoms with E-state index in [-0.39, 0.29) is 0 Å². The number of thiazole rings is 1. The van der Waals surface area contributed by atoms with Crippen molar-refractivity contribution in [2.24, 2.45) is 5.92 Å². The molecule has 0 spiro atoms. The minimum Gasteiger partial charge on any atom is -0.390 e. The molecular formula is C24H30N4OS. The van der Waals surface area contributed by atoms with Crippen molar-refractivity contribution in [2.75, 3.05) is 10.6 Å². The monoisotopic (exact) mass is 422 g/mol. The Morgan fingerprint density at radius 2 is 1.90 bits per heavy atom. The third-order valence-electron chi connectivity index (χ3n) is 6.68. The van der Waals surface area contributed by atoms with Gasteiger partial charge in [-0.1, -0.05) is 12.1 Å². The van der Waals surface area contributed by atoms with E-state index >= 15 is 0 Å². The van der Waals surface area contributed by atoms with Gasteiger partial charge >= 0.3 is 0 Å². The highest BCUT2D eigenvalue weighted by atomic mass is 32.1. The fourth-order valence-electron chi connectivity index (χ4n) is 4.55. The van der Waals surface area contributed by atoms with E-state index in [1.165, 1.54) is 24.0 Å². The number of fused-ring (bicyclic) bond motifs is 1. The van der Waals surface area contributed by atoms with Crippen LogP contribution in [0.1, 0.15) is 52.4 Å². The minimum atomic E-state index is -0.624. The van der Waals surface area contributed by atoms with Gasteiger partial charge in [0.2, 0.25) is 0 Å². The molecule has 3 N–H and O–H groups in total. The number of pyridine rings is 1. The Balaban J connectivity index is 1.45. The van der Waals surface area contributed by atoms with Crippen LogP contribution in [-0.4, -0.2) is 32.8 Å². The Hall–Kier alpha value is -2.18. The van der Waals surface area contributed by atoms with Crippen molar-refractivity contribution in [1.29, 1.82) is 0 Å². The van der Waals surface area contributed by atoms with Gasteiger partial charge in [0, 0.05) is 30.0 Å². The maximum Gasteiger partial charge on any atom is 0.128 e. The molecule has 5 nitrogen and oxygen atoms in total. The first-order valence-corrected chi connectivity index (χ1v) is 11.9. The molecule has 0 saturated heterocycles. The topological polar surface area (TPSA) is 70.1 Å². The Morgan fingerprint density at radius 3 is 2.60 bits per heavy atom. The summed E-state index contributed by atoms with van der Waals surface area (Å²) in [6.07, 6.45) is 8.81. The van der Waals surface area contributed by atoms with Crippen LogP contribution in [0, 0.1) is 5.92 Å².